The molecule has 0 spiro atoms. The molecule has 0 aliphatic rings. The molecule has 4 nitrogen and oxygen atoms in total. The zero-order valence-corrected chi connectivity index (χ0v) is 13.6. The summed E-state index contributed by atoms with van der Waals surface area (Å²) in [5.74, 6) is 1.34. The molecule has 4 heteroatoms. The predicted octanol–water partition coefficient (Wildman–Crippen LogP) is 3.21. The van der Waals surface area contributed by atoms with Crippen molar-refractivity contribution in [1.29, 1.82) is 0 Å². The molecule has 2 aromatic rings. The van der Waals surface area contributed by atoms with Crippen LogP contribution in [0.5, 0.6) is 11.5 Å². The molecule has 1 atom stereocenters. The monoisotopic (exact) mass is 313 g/mol. The molecular formula is C19H23NO3. The average molecular weight is 313 g/mol. The fourth-order valence-corrected chi connectivity index (χ4v) is 2.06. The molecule has 0 radical (unpaired) electrons. The van der Waals surface area contributed by atoms with Crippen molar-refractivity contribution in [3.05, 3.63) is 60.2 Å². The lowest BCUT2D eigenvalue weighted by molar-refractivity contribution is -0.127. The van der Waals surface area contributed by atoms with E-state index in [1.54, 1.807) is 6.92 Å². The standard InChI is InChI=1S/C19H23NO3/c1-3-16-9-11-17(12-10-16)22-14-13-20-19(21)15(2)23-18-7-5-4-6-8-18/h4-12,15H,3,13-14H2,1-2H3,(H,20,21)/t15-/m1/s1. The molecule has 0 heterocycles. The summed E-state index contributed by atoms with van der Waals surface area (Å²) in [5.41, 5.74) is 1.28. The third-order valence-electron chi connectivity index (χ3n) is 3.43. The summed E-state index contributed by atoms with van der Waals surface area (Å²) in [4.78, 5) is 12.0. The van der Waals surface area contributed by atoms with E-state index in [1.165, 1.54) is 5.56 Å². The van der Waals surface area contributed by atoms with Crippen LogP contribution < -0.4 is 14.8 Å². The third-order valence-corrected chi connectivity index (χ3v) is 3.43. The Hall–Kier alpha value is -2.49. The van der Waals surface area contributed by atoms with Crippen molar-refractivity contribution in [2.75, 3.05) is 13.2 Å². The number of ether oxygens (including phenoxy) is 2. The van der Waals surface area contributed by atoms with Gasteiger partial charge in [-0.2, -0.15) is 0 Å². The molecule has 0 saturated heterocycles. The Morgan fingerprint density at radius 3 is 2.39 bits per heavy atom. The van der Waals surface area contributed by atoms with Gasteiger partial charge in [-0.3, -0.25) is 4.79 Å². The predicted molar refractivity (Wildman–Crippen MR) is 90.9 cm³/mol. The number of rotatable bonds is 8. The van der Waals surface area contributed by atoms with Gasteiger partial charge in [0.15, 0.2) is 6.10 Å². The molecule has 0 fully saturated rings. The molecule has 1 N–H and O–H groups in total. The SMILES string of the molecule is CCc1ccc(OCCNC(=O)[C@@H](C)Oc2ccccc2)cc1. The highest BCUT2D eigenvalue weighted by Crippen LogP contribution is 2.12. The molecular weight excluding hydrogens is 290 g/mol. The normalized spacial score (nSPS) is 11.6. The van der Waals surface area contributed by atoms with Crippen LogP contribution in [0.3, 0.4) is 0 Å². The van der Waals surface area contributed by atoms with Crippen molar-refractivity contribution in [2.45, 2.75) is 26.4 Å². The summed E-state index contributed by atoms with van der Waals surface area (Å²) < 4.78 is 11.2. The fourth-order valence-electron chi connectivity index (χ4n) is 2.06. The minimum absolute atomic E-state index is 0.154. The molecule has 0 aliphatic heterocycles. The maximum absolute atomic E-state index is 12.0. The highest BCUT2D eigenvalue weighted by atomic mass is 16.5. The van der Waals surface area contributed by atoms with Crippen LogP contribution >= 0.6 is 0 Å². The van der Waals surface area contributed by atoms with Crippen molar-refractivity contribution in [1.82, 2.24) is 5.32 Å². The summed E-state index contributed by atoms with van der Waals surface area (Å²) in [5, 5.41) is 2.81. The number of para-hydroxylation sites is 1. The average Bonchev–Trinajstić information content (AvgIpc) is 2.60. The first-order chi connectivity index (χ1) is 11.2. The number of carbonyl (C=O) groups excluding carboxylic acids is 1. The van der Waals surface area contributed by atoms with Gasteiger partial charge in [-0.05, 0) is 43.2 Å². The van der Waals surface area contributed by atoms with Gasteiger partial charge in [0.1, 0.15) is 18.1 Å². The van der Waals surface area contributed by atoms with Crippen molar-refractivity contribution in [3.8, 4) is 11.5 Å². The van der Waals surface area contributed by atoms with Crippen molar-refractivity contribution >= 4 is 5.91 Å². The van der Waals surface area contributed by atoms with Gasteiger partial charge in [-0.15, -0.1) is 0 Å². The number of aryl methyl sites for hydroxylation is 1. The van der Waals surface area contributed by atoms with E-state index < -0.39 is 6.10 Å². The minimum Gasteiger partial charge on any atom is -0.492 e. The number of carbonyl (C=O) groups is 1. The Morgan fingerprint density at radius 2 is 1.74 bits per heavy atom. The van der Waals surface area contributed by atoms with Crippen molar-refractivity contribution in [2.24, 2.45) is 0 Å². The molecule has 122 valence electrons. The molecule has 2 aromatic carbocycles. The first-order valence-electron chi connectivity index (χ1n) is 7.90. The van der Waals surface area contributed by atoms with Gasteiger partial charge in [0, 0.05) is 0 Å². The topological polar surface area (TPSA) is 47.6 Å². The maximum atomic E-state index is 12.0. The largest absolute Gasteiger partial charge is 0.492 e. The van der Waals surface area contributed by atoms with Gasteiger partial charge < -0.3 is 14.8 Å². The molecule has 0 aliphatic carbocycles. The van der Waals surface area contributed by atoms with Gasteiger partial charge in [0.25, 0.3) is 5.91 Å². The highest BCUT2D eigenvalue weighted by Gasteiger charge is 2.13. The van der Waals surface area contributed by atoms with Gasteiger partial charge in [0.05, 0.1) is 6.54 Å². The van der Waals surface area contributed by atoms with Crippen LogP contribution in [0.15, 0.2) is 54.6 Å². The Morgan fingerprint density at radius 1 is 1.04 bits per heavy atom. The Kier molecular flexibility index (Phi) is 6.48. The van der Waals surface area contributed by atoms with Crippen LogP contribution in [0.25, 0.3) is 0 Å². The van der Waals surface area contributed by atoms with E-state index in [0.717, 1.165) is 12.2 Å². The zero-order valence-electron chi connectivity index (χ0n) is 13.6. The zero-order chi connectivity index (χ0) is 16.5. The van der Waals surface area contributed by atoms with Crippen LogP contribution in [0.4, 0.5) is 0 Å². The summed E-state index contributed by atoms with van der Waals surface area (Å²) in [6.45, 7) is 4.71. The number of nitrogens with one attached hydrogen (secondary N) is 1. The van der Waals surface area contributed by atoms with E-state index in [-0.39, 0.29) is 5.91 Å². The Bertz CT molecular complexity index is 596. The van der Waals surface area contributed by atoms with Crippen LogP contribution in [-0.2, 0) is 11.2 Å². The second kappa shape index (κ2) is 8.83. The lowest BCUT2D eigenvalue weighted by atomic mass is 10.2. The minimum atomic E-state index is -0.541. The second-order valence-electron chi connectivity index (χ2n) is 5.21. The molecule has 0 bridgehead atoms. The molecule has 0 saturated carbocycles. The number of benzene rings is 2. The van der Waals surface area contributed by atoms with Crippen molar-refractivity contribution < 1.29 is 14.3 Å². The smallest absolute Gasteiger partial charge is 0.260 e. The van der Waals surface area contributed by atoms with Gasteiger partial charge in [-0.1, -0.05) is 37.3 Å². The summed E-state index contributed by atoms with van der Waals surface area (Å²) in [7, 11) is 0. The molecule has 23 heavy (non-hydrogen) atoms. The van der Waals surface area contributed by atoms with E-state index in [4.69, 9.17) is 9.47 Å². The van der Waals surface area contributed by atoms with E-state index in [0.29, 0.717) is 18.9 Å². The Balaban J connectivity index is 1.67. The number of amides is 1. The van der Waals surface area contributed by atoms with Crippen LogP contribution in [0.1, 0.15) is 19.4 Å². The van der Waals surface area contributed by atoms with E-state index in [1.807, 2.05) is 54.6 Å². The van der Waals surface area contributed by atoms with E-state index in [2.05, 4.69) is 12.2 Å². The van der Waals surface area contributed by atoms with Gasteiger partial charge >= 0.3 is 0 Å². The molecule has 2 rings (SSSR count). The third kappa shape index (κ3) is 5.66. The van der Waals surface area contributed by atoms with E-state index >= 15 is 0 Å². The van der Waals surface area contributed by atoms with E-state index in [9.17, 15) is 4.79 Å². The van der Waals surface area contributed by atoms with Crippen LogP contribution in [-0.4, -0.2) is 25.2 Å². The van der Waals surface area contributed by atoms with Crippen molar-refractivity contribution in [3.63, 3.8) is 0 Å². The first kappa shape index (κ1) is 16.9. The Labute approximate surface area is 137 Å². The van der Waals surface area contributed by atoms with Crippen LogP contribution in [0.2, 0.25) is 0 Å². The number of hydrogen-bond acceptors (Lipinski definition) is 3. The van der Waals surface area contributed by atoms with Gasteiger partial charge in [0.2, 0.25) is 0 Å². The lowest BCUT2D eigenvalue weighted by Gasteiger charge is -2.15. The highest BCUT2D eigenvalue weighted by molar-refractivity contribution is 5.80. The molecule has 0 unspecified atom stereocenters. The second-order valence-corrected chi connectivity index (χ2v) is 5.21. The molecule has 1 amide bonds. The van der Waals surface area contributed by atoms with Crippen LogP contribution in [0, 0.1) is 0 Å². The summed E-state index contributed by atoms with van der Waals surface area (Å²) in [6.07, 6.45) is 0.469. The quantitative estimate of drug-likeness (QED) is 0.761. The lowest BCUT2D eigenvalue weighted by Crippen LogP contribution is -2.38. The number of hydrogen-bond donors (Lipinski definition) is 1. The summed E-state index contributed by atoms with van der Waals surface area (Å²) in [6, 6.07) is 17.3. The fraction of sp³-hybridized carbons (Fsp3) is 0.316. The summed E-state index contributed by atoms with van der Waals surface area (Å²) >= 11 is 0. The maximum Gasteiger partial charge on any atom is 0.260 e. The molecule has 0 aromatic heterocycles. The first-order valence-corrected chi connectivity index (χ1v) is 7.90. The van der Waals surface area contributed by atoms with Gasteiger partial charge in [-0.25, -0.2) is 0 Å².